The summed E-state index contributed by atoms with van der Waals surface area (Å²) in [6, 6.07) is 0. The van der Waals surface area contributed by atoms with Gasteiger partial charge in [-0.25, -0.2) is 0 Å². The largest absolute Gasteiger partial charge is 0.122 e. The first-order chi connectivity index (χ1) is 6.31. The highest BCUT2D eigenvalue weighted by Crippen LogP contribution is 2.19. The summed E-state index contributed by atoms with van der Waals surface area (Å²) in [6.07, 6.45) is 11.6. The second-order valence-electron chi connectivity index (χ2n) is 4.11. The van der Waals surface area contributed by atoms with Crippen molar-refractivity contribution in [1.29, 1.82) is 0 Å². The minimum absolute atomic E-state index is 0.961. The highest BCUT2D eigenvalue weighted by molar-refractivity contribution is 7.37. The number of rotatable bonds is 9. The van der Waals surface area contributed by atoms with E-state index >= 15 is 0 Å². The molecule has 0 radical (unpaired) electrons. The van der Waals surface area contributed by atoms with E-state index in [9.17, 15) is 0 Å². The lowest BCUT2D eigenvalue weighted by Crippen LogP contribution is -1.93. The zero-order valence-electron chi connectivity index (χ0n) is 9.73. The molecular formula is C12H27P. The maximum Gasteiger partial charge on any atom is -0.0351 e. The Morgan fingerprint density at radius 1 is 1.00 bits per heavy atom. The molecule has 0 rings (SSSR count). The lowest BCUT2D eigenvalue weighted by Gasteiger charge is -2.07. The Labute approximate surface area is 86.7 Å². The molecule has 0 aromatic heterocycles. The van der Waals surface area contributed by atoms with Crippen LogP contribution in [-0.2, 0) is 0 Å². The Hall–Kier alpha value is 0.430. The molecule has 0 aromatic rings. The minimum Gasteiger partial charge on any atom is -0.122 e. The van der Waals surface area contributed by atoms with E-state index in [1.165, 1.54) is 59.4 Å². The maximum atomic E-state index is 2.38. The van der Waals surface area contributed by atoms with Gasteiger partial charge in [-0.2, -0.15) is 0 Å². The molecule has 0 aromatic carbocycles. The van der Waals surface area contributed by atoms with Crippen LogP contribution in [0.3, 0.4) is 0 Å². The molecule has 0 nitrogen and oxygen atoms in total. The van der Waals surface area contributed by atoms with Crippen molar-refractivity contribution in [2.45, 2.75) is 59.3 Å². The van der Waals surface area contributed by atoms with Crippen molar-refractivity contribution in [3.8, 4) is 0 Å². The zero-order chi connectivity index (χ0) is 9.94. The highest BCUT2D eigenvalue weighted by Gasteiger charge is 1.97. The fourth-order valence-electron chi connectivity index (χ4n) is 1.35. The van der Waals surface area contributed by atoms with E-state index < -0.39 is 0 Å². The van der Waals surface area contributed by atoms with E-state index in [0.717, 1.165) is 5.92 Å². The highest BCUT2D eigenvalue weighted by atomic mass is 31.1. The van der Waals surface area contributed by atoms with Gasteiger partial charge in [-0.3, -0.25) is 0 Å². The number of hydrogen-bond donors (Lipinski definition) is 0. The summed E-state index contributed by atoms with van der Waals surface area (Å²) >= 11 is 0. The van der Waals surface area contributed by atoms with Crippen LogP contribution >= 0.6 is 8.58 Å². The first-order valence-electron chi connectivity index (χ1n) is 6.02. The Kier molecular flexibility index (Phi) is 10.9. The summed E-state index contributed by atoms with van der Waals surface area (Å²) in [5.74, 6) is 0.961. The van der Waals surface area contributed by atoms with Gasteiger partial charge in [-0.15, -0.1) is 8.58 Å². The van der Waals surface area contributed by atoms with Crippen LogP contribution in [0.5, 0.6) is 0 Å². The van der Waals surface area contributed by atoms with Crippen LogP contribution in [-0.4, -0.2) is 12.3 Å². The second kappa shape index (κ2) is 10.5. The molecule has 1 heteroatoms. The molecule has 0 spiro atoms. The molecule has 0 aliphatic heterocycles. The molecule has 0 fully saturated rings. The van der Waals surface area contributed by atoms with Gasteiger partial charge in [-0.05, 0) is 31.1 Å². The summed E-state index contributed by atoms with van der Waals surface area (Å²) < 4.78 is 0. The third-order valence-corrected chi connectivity index (χ3v) is 4.07. The lowest BCUT2D eigenvalue weighted by molar-refractivity contribution is 0.548. The molecule has 0 bridgehead atoms. The summed E-state index contributed by atoms with van der Waals surface area (Å²) in [4.78, 5) is 0. The van der Waals surface area contributed by atoms with E-state index in [-0.39, 0.29) is 0 Å². The van der Waals surface area contributed by atoms with E-state index in [4.69, 9.17) is 0 Å². The molecule has 0 N–H and O–H groups in total. The zero-order valence-corrected chi connectivity index (χ0v) is 10.7. The molecule has 0 saturated heterocycles. The molecule has 0 aliphatic carbocycles. The Morgan fingerprint density at radius 2 is 1.77 bits per heavy atom. The van der Waals surface area contributed by atoms with Crippen LogP contribution in [0.15, 0.2) is 0 Å². The van der Waals surface area contributed by atoms with Gasteiger partial charge >= 0.3 is 0 Å². The Balaban J connectivity index is 2.91. The first-order valence-corrected chi connectivity index (χ1v) is 7.43. The molecule has 2 unspecified atom stereocenters. The average Bonchev–Trinajstić information content (AvgIpc) is 2.16. The number of hydrogen-bond acceptors (Lipinski definition) is 0. The van der Waals surface area contributed by atoms with Gasteiger partial charge in [0.15, 0.2) is 0 Å². The molecule has 0 amide bonds. The van der Waals surface area contributed by atoms with Crippen molar-refractivity contribution in [3.63, 3.8) is 0 Å². The summed E-state index contributed by atoms with van der Waals surface area (Å²) in [5, 5.41) is 0. The van der Waals surface area contributed by atoms with Gasteiger partial charge in [0, 0.05) is 0 Å². The van der Waals surface area contributed by atoms with Crippen molar-refractivity contribution < 1.29 is 0 Å². The summed E-state index contributed by atoms with van der Waals surface area (Å²) in [6.45, 7) is 6.96. The van der Waals surface area contributed by atoms with Gasteiger partial charge < -0.3 is 0 Å². The molecule has 2 atom stereocenters. The van der Waals surface area contributed by atoms with Crippen molar-refractivity contribution in [2.24, 2.45) is 5.92 Å². The number of unbranched alkanes of at least 4 members (excludes halogenated alkanes) is 3. The second-order valence-corrected chi connectivity index (χ2v) is 5.61. The van der Waals surface area contributed by atoms with Crippen molar-refractivity contribution in [1.82, 2.24) is 0 Å². The van der Waals surface area contributed by atoms with Crippen LogP contribution in [0.1, 0.15) is 59.3 Å². The fourth-order valence-corrected chi connectivity index (χ4v) is 2.80. The quantitative estimate of drug-likeness (QED) is 0.376. The normalized spacial score (nSPS) is 14.1. The predicted molar refractivity (Wildman–Crippen MR) is 66.3 cm³/mol. The van der Waals surface area contributed by atoms with E-state index in [2.05, 4.69) is 20.8 Å². The molecule has 80 valence electrons. The van der Waals surface area contributed by atoms with Crippen molar-refractivity contribution >= 4 is 8.58 Å². The topological polar surface area (TPSA) is 0 Å². The fraction of sp³-hybridized carbons (Fsp3) is 1.00. The molecule has 0 aliphatic rings. The average molecular weight is 202 g/mol. The standard InChI is InChI=1S/C12H27P/c1-4-6-7-8-10-13-11-9-12(3)5-2/h12-13H,4-11H2,1-3H3. The van der Waals surface area contributed by atoms with E-state index in [1.54, 1.807) is 0 Å². The van der Waals surface area contributed by atoms with Gasteiger partial charge in [0.2, 0.25) is 0 Å². The van der Waals surface area contributed by atoms with Gasteiger partial charge in [-0.1, -0.05) is 46.5 Å². The Bertz CT molecular complexity index is 91.1. The van der Waals surface area contributed by atoms with Gasteiger partial charge in [0.05, 0.1) is 0 Å². The van der Waals surface area contributed by atoms with Crippen molar-refractivity contribution in [2.75, 3.05) is 12.3 Å². The summed E-state index contributed by atoms with van der Waals surface area (Å²) in [7, 11) is 1.24. The molecule has 0 saturated carbocycles. The molecular weight excluding hydrogens is 175 g/mol. The third-order valence-electron chi connectivity index (χ3n) is 2.72. The predicted octanol–water partition coefficient (Wildman–Crippen LogP) is 4.68. The SMILES string of the molecule is CCCCCCPCCC(C)CC. The van der Waals surface area contributed by atoms with Crippen LogP contribution in [0.25, 0.3) is 0 Å². The van der Waals surface area contributed by atoms with E-state index in [0.29, 0.717) is 0 Å². The summed E-state index contributed by atoms with van der Waals surface area (Å²) in [5.41, 5.74) is 0. The van der Waals surface area contributed by atoms with E-state index in [1.807, 2.05) is 0 Å². The third kappa shape index (κ3) is 10.4. The van der Waals surface area contributed by atoms with Crippen molar-refractivity contribution in [3.05, 3.63) is 0 Å². The van der Waals surface area contributed by atoms with Crippen LogP contribution in [0.4, 0.5) is 0 Å². The van der Waals surface area contributed by atoms with Crippen LogP contribution in [0, 0.1) is 5.92 Å². The Morgan fingerprint density at radius 3 is 2.38 bits per heavy atom. The molecule has 13 heavy (non-hydrogen) atoms. The van der Waals surface area contributed by atoms with Gasteiger partial charge in [0.1, 0.15) is 0 Å². The minimum atomic E-state index is 0.961. The smallest absolute Gasteiger partial charge is 0.0351 e. The van der Waals surface area contributed by atoms with Gasteiger partial charge in [0.25, 0.3) is 0 Å². The maximum absolute atomic E-state index is 2.38. The molecule has 0 heterocycles. The van der Waals surface area contributed by atoms with Crippen LogP contribution < -0.4 is 0 Å². The van der Waals surface area contributed by atoms with Crippen LogP contribution in [0.2, 0.25) is 0 Å². The lowest BCUT2D eigenvalue weighted by atomic mass is 10.1. The monoisotopic (exact) mass is 202 g/mol. The first kappa shape index (κ1) is 13.4.